The Labute approximate surface area is 164 Å². The number of likely N-dealkylation sites (tertiary alicyclic amines) is 1. The van der Waals surface area contributed by atoms with E-state index in [1.807, 2.05) is 53.8 Å². The van der Waals surface area contributed by atoms with Crippen LogP contribution in [0.1, 0.15) is 35.1 Å². The molecule has 4 rings (SSSR count). The van der Waals surface area contributed by atoms with Crippen LogP contribution in [0.2, 0.25) is 0 Å². The SMILES string of the molecule is Cc1ccc(-c2cc(CNC(=O)N3CCC(n4nc(C)cc4C)C3)no2)cc1. The molecular weight excluding hydrogens is 354 g/mol. The van der Waals surface area contributed by atoms with Crippen LogP contribution in [0.25, 0.3) is 11.3 Å². The maximum absolute atomic E-state index is 12.5. The first kappa shape index (κ1) is 18.3. The molecule has 1 aromatic carbocycles. The number of aryl methyl sites for hydroxylation is 3. The zero-order valence-corrected chi connectivity index (χ0v) is 16.5. The van der Waals surface area contributed by atoms with Gasteiger partial charge in [-0.3, -0.25) is 4.68 Å². The summed E-state index contributed by atoms with van der Waals surface area (Å²) in [5.74, 6) is 0.704. The van der Waals surface area contributed by atoms with Crippen LogP contribution in [0.15, 0.2) is 40.9 Å². The van der Waals surface area contributed by atoms with Crippen molar-refractivity contribution in [2.75, 3.05) is 13.1 Å². The number of amides is 2. The van der Waals surface area contributed by atoms with Crippen LogP contribution in [0.4, 0.5) is 4.79 Å². The van der Waals surface area contributed by atoms with Gasteiger partial charge in [0, 0.05) is 30.4 Å². The lowest BCUT2D eigenvalue weighted by Crippen LogP contribution is -2.38. The van der Waals surface area contributed by atoms with Gasteiger partial charge in [-0.1, -0.05) is 35.0 Å². The first-order chi connectivity index (χ1) is 13.5. The topological polar surface area (TPSA) is 76.2 Å². The lowest BCUT2D eigenvalue weighted by molar-refractivity contribution is 0.206. The van der Waals surface area contributed by atoms with Gasteiger partial charge in [-0.15, -0.1) is 0 Å². The Morgan fingerprint density at radius 2 is 2.00 bits per heavy atom. The molecule has 1 aliphatic heterocycles. The Balaban J connectivity index is 1.32. The zero-order valence-electron chi connectivity index (χ0n) is 16.5. The van der Waals surface area contributed by atoms with Crippen LogP contribution >= 0.6 is 0 Å². The molecule has 7 nitrogen and oxygen atoms in total. The summed E-state index contributed by atoms with van der Waals surface area (Å²) in [6, 6.07) is 12.2. The van der Waals surface area contributed by atoms with Gasteiger partial charge in [0.2, 0.25) is 0 Å². The maximum atomic E-state index is 12.5. The van der Waals surface area contributed by atoms with E-state index in [1.54, 1.807) is 0 Å². The second-order valence-corrected chi connectivity index (χ2v) is 7.47. The fraction of sp³-hybridized carbons (Fsp3) is 0.381. The summed E-state index contributed by atoms with van der Waals surface area (Å²) >= 11 is 0. The van der Waals surface area contributed by atoms with Crippen molar-refractivity contribution in [1.82, 2.24) is 25.2 Å². The van der Waals surface area contributed by atoms with Gasteiger partial charge in [0.1, 0.15) is 5.69 Å². The highest BCUT2D eigenvalue weighted by molar-refractivity contribution is 5.74. The van der Waals surface area contributed by atoms with Gasteiger partial charge >= 0.3 is 6.03 Å². The molecule has 7 heteroatoms. The van der Waals surface area contributed by atoms with E-state index in [2.05, 4.69) is 28.6 Å². The number of hydrogen-bond donors (Lipinski definition) is 1. The summed E-state index contributed by atoms with van der Waals surface area (Å²) in [6.45, 7) is 7.83. The molecule has 1 unspecified atom stereocenters. The van der Waals surface area contributed by atoms with Crippen LogP contribution in [-0.2, 0) is 6.54 Å². The van der Waals surface area contributed by atoms with Crippen molar-refractivity contribution in [2.24, 2.45) is 0 Å². The number of nitrogens with zero attached hydrogens (tertiary/aromatic N) is 4. The Morgan fingerprint density at radius 1 is 1.21 bits per heavy atom. The van der Waals surface area contributed by atoms with E-state index in [-0.39, 0.29) is 12.1 Å². The van der Waals surface area contributed by atoms with E-state index in [0.717, 1.165) is 29.9 Å². The zero-order chi connectivity index (χ0) is 19.7. The molecule has 0 spiro atoms. The van der Waals surface area contributed by atoms with Crippen LogP contribution in [0.3, 0.4) is 0 Å². The molecule has 0 bridgehead atoms. The molecule has 3 heterocycles. The van der Waals surface area contributed by atoms with Crippen molar-refractivity contribution in [3.63, 3.8) is 0 Å². The maximum Gasteiger partial charge on any atom is 0.317 e. The summed E-state index contributed by atoms with van der Waals surface area (Å²) in [7, 11) is 0. The predicted molar refractivity (Wildman–Crippen MR) is 106 cm³/mol. The number of aromatic nitrogens is 3. The minimum absolute atomic E-state index is 0.0797. The van der Waals surface area contributed by atoms with Gasteiger partial charge in [0.15, 0.2) is 5.76 Å². The molecule has 28 heavy (non-hydrogen) atoms. The molecule has 146 valence electrons. The molecule has 0 saturated carbocycles. The smallest absolute Gasteiger partial charge is 0.317 e. The van der Waals surface area contributed by atoms with Crippen LogP contribution in [0.5, 0.6) is 0 Å². The molecule has 0 radical (unpaired) electrons. The molecule has 1 aliphatic rings. The average molecular weight is 379 g/mol. The third kappa shape index (κ3) is 3.78. The van der Waals surface area contributed by atoms with Crippen molar-refractivity contribution >= 4 is 6.03 Å². The highest BCUT2D eigenvalue weighted by Gasteiger charge is 2.28. The van der Waals surface area contributed by atoms with Crippen LogP contribution in [-0.4, -0.2) is 39.0 Å². The fourth-order valence-corrected chi connectivity index (χ4v) is 3.67. The molecule has 3 aromatic rings. The summed E-state index contributed by atoms with van der Waals surface area (Å²) in [5.41, 5.74) is 5.02. The number of urea groups is 1. The number of nitrogens with one attached hydrogen (secondary N) is 1. The van der Waals surface area contributed by atoms with Gasteiger partial charge < -0.3 is 14.7 Å². The highest BCUT2D eigenvalue weighted by atomic mass is 16.5. The third-order valence-corrected chi connectivity index (χ3v) is 5.16. The summed E-state index contributed by atoms with van der Waals surface area (Å²) in [6.07, 6.45) is 0.914. The first-order valence-corrected chi connectivity index (χ1v) is 9.58. The summed E-state index contributed by atoms with van der Waals surface area (Å²) in [5, 5.41) is 11.6. The van der Waals surface area contributed by atoms with Gasteiger partial charge in [-0.05, 0) is 33.3 Å². The quantitative estimate of drug-likeness (QED) is 0.751. The Kier molecular flexibility index (Phi) is 4.90. The number of carbonyl (C=O) groups is 1. The van der Waals surface area contributed by atoms with E-state index in [9.17, 15) is 4.79 Å². The number of rotatable bonds is 4. The monoisotopic (exact) mass is 379 g/mol. The van der Waals surface area contributed by atoms with Crippen molar-refractivity contribution in [3.05, 3.63) is 59.0 Å². The normalized spacial score (nSPS) is 16.5. The molecule has 1 atom stereocenters. The molecule has 2 aromatic heterocycles. The number of carbonyl (C=O) groups excluding carboxylic acids is 1. The van der Waals surface area contributed by atoms with Gasteiger partial charge in [-0.25, -0.2) is 4.79 Å². The molecular formula is C21H25N5O2. The highest BCUT2D eigenvalue weighted by Crippen LogP contribution is 2.23. The third-order valence-electron chi connectivity index (χ3n) is 5.16. The molecule has 0 aliphatic carbocycles. The lowest BCUT2D eigenvalue weighted by atomic mass is 10.1. The second-order valence-electron chi connectivity index (χ2n) is 7.47. The average Bonchev–Trinajstić information content (AvgIpc) is 3.40. The lowest BCUT2D eigenvalue weighted by Gasteiger charge is -2.17. The van der Waals surface area contributed by atoms with Crippen molar-refractivity contribution in [3.8, 4) is 11.3 Å². The Morgan fingerprint density at radius 3 is 2.71 bits per heavy atom. The van der Waals surface area contributed by atoms with E-state index in [0.29, 0.717) is 24.5 Å². The predicted octanol–water partition coefficient (Wildman–Crippen LogP) is 3.62. The number of hydrogen-bond acceptors (Lipinski definition) is 4. The Bertz CT molecular complexity index is 973. The van der Waals surface area contributed by atoms with E-state index >= 15 is 0 Å². The molecule has 1 N–H and O–H groups in total. The summed E-state index contributed by atoms with van der Waals surface area (Å²) in [4.78, 5) is 14.4. The van der Waals surface area contributed by atoms with E-state index < -0.39 is 0 Å². The second kappa shape index (κ2) is 7.50. The van der Waals surface area contributed by atoms with E-state index in [1.165, 1.54) is 5.56 Å². The molecule has 2 amide bonds. The minimum Gasteiger partial charge on any atom is -0.356 e. The minimum atomic E-state index is -0.0797. The van der Waals surface area contributed by atoms with Gasteiger partial charge in [0.05, 0.1) is 18.3 Å². The van der Waals surface area contributed by atoms with E-state index in [4.69, 9.17) is 4.52 Å². The number of benzene rings is 1. The largest absolute Gasteiger partial charge is 0.356 e. The van der Waals surface area contributed by atoms with Gasteiger partial charge in [-0.2, -0.15) is 5.10 Å². The van der Waals surface area contributed by atoms with Crippen molar-refractivity contribution < 1.29 is 9.32 Å². The van der Waals surface area contributed by atoms with Crippen LogP contribution in [0, 0.1) is 20.8 Å². The van der Waals surface area contributed by atoms with Crippen molar-refractivity contribution in [2.45, 2.75) is 39.8 Å². The summed E-state index contributed by atoms with van der Waals surface area (Å²) < 4.78 is 7.45. The van der Waals surface area contributed by atoms with Crippen LogP contribution < -0.4 is 5.32 Å². The van der Waals surface area contributed by atoms with Crippen molar-refractivity contribution in [1.29, 1.82) is 0 Å². The Hall–Kier alpha value is -3.09. The molecule has 1 fully saturated rings. The molecule has 1 saturated heterocycles. The first-order valence-electron chi connectivity index (χ1n) is 9.58. The fourth-order valence-electron chi connectivity index (χ4n) is 3.67. The van der Waals surface area contributed by atoms with Gasteiger partial charge in [0.25, 0.3) is 0 Å². The standard InChI is InChI=1S/C21H25N5O2/c1-14-4-6-17(7-5-14)20-11-18(24-28-20)12-22-21(27)25-9-8-19(13-25)26-16(3)10-15(2)23-26/h4-7,10-11,19H,8-9,12-13H2,1-3H3,(H,22,27).